The van der Waals surface area contributed by atoms with Gasteiger partial charge in [-0.05, 0) is 30.7 Å². The molecule has 0 spiro atoms. The lowest BCUT2D eigenvalue weighted by Gasteiger charge is -2.08. The summed E-state index contributed by atoms with van der Waals surface area (Å²) >= 11 is 1.23. The number of carbonyl (C=O) groups is 2. The third kappa shape index (κ3) is 3.54. The van der Waals surface area contributed by atoms with Gasteiger partial charge in [-0.25, -0.2) is 19.6 Å². The summed E-state index contributed by atoms with van der Waals surface area (Å²) in [6.45, 7) is 1.80. The number of anilines is 2. The number of ether oxygens (including phenoxy) is 1. The average Bonchev–Trinajstić information content (AvgIpc) is 2.92. The number of hydrogen-bond acceptors (Lipinski definition) is 7. The number of rotatable bonds is 4. The van der Waals surface area contributed by atoms with E-state index in [9.17, 15) is 9.59 Å². The largest absolute Gasteiger partial charge is 0.478 e. The molecule has 2 aromatic heterocycles. The Morgan fingerprint density at radius 1 is 1.28 bits per heavy atom. The predicted octanol–water partition coefficient (Wildman–Crippen LogP) is 3.65. The summed E-state index contributed by atoms with van der Waals surface area (Å²) in [5.74, 6) is -0.924. The zero-order valence-corrected chi connectivity index (χ0v) is 14.9. The minimum absolute atomic E-state index is 0. The highest BCUT2D eigenvalue weighted by molar-refractivity contribution is 7.20. The Morgan fingerprint density at radius 2 is 2.04 bits per heavy atom. The molecule has 1 aromatic carbocycles. The minimum Gasteiger partial charge on any atom is -0.478 e. The first-order chi connectivity index (χ1) is 11.5. The molecule has 130 valence electrons. The van der Waals surface area contributed by atoms with Crippen LogP contribution in [0.2, 0.25) is 0 Å². The second kappa shape index (κ2) is 7.45. The molecule has 0 unspecified atom stereocenters. The van der Waals surface area contributed by atoms with Gasteiger partial charge in [-0.15, -0.1) is 23.7 Å². The van der Waals surface area contributed by atoms with Gasteiger partial charge in [-0.3, -0.25) is 0 Å². The van der Waals surface area contributed by atoms with E-state index in [-0.39, 0.29) is 18.0 Å². The number of esters is 1. The van der Waals surface area contributed by atoms with E-state index in [1.807, 2.05) is 0 Å². The van der Waals surface area contributed by atoms with Gasteiger partial charge in [0.1, 0.15) is 21.9 Å². The summed E-state index contributed by atoms with van der Waals surface area (Å²) < 4.78 is 4.78. The van der Waals surface area contributed by atoms with Crippen LogP contribution >= 0.6 is 23.7 Å². The second-order valence-electron chi connectivity index (χ2n) is 4.96. The van der Waals surface area contributed by atoms with Crippen molar-refractivity contribution in [3.8, 4) is 0 Å². The number of hydrogen-bond donors (Lipinski definition) is 2. The standard InChI is InChI=1S/C16H13N3O4S.ClH/c1-8-11-13(19-10-5-3-4-9(6-10)15(20)21)17-7-18-14(11)24-12(8)16(22)23-2;/h3-7H,1-2H3,(H,20,21)(H,17,18,19);1H. The first-order valence-electron chi connectivity index (χ1n) is 6.94. The number of fused-ring (bicyclic) bond motifs is 1. The van der Waals surface area contributed by atoms with Crippen molar-refractivity contribution in [3.05, 3.63) is 46.6 Å². The van der Waals surface area contributed by atoms with Gasteiger partial charge in [-0.1, -0.05) is 6.07 Å². The molecule has 0 aliphatic carbocycles. The van der Waals surface area contributed by atoms with E-state index in [0.29, 0.717) is 26.6 Å². The zero-order chi connectivity index (χ0) is 17.3. The summed E-state index contributed by atoms with van der Waals surface area (Å²) in [6, 6.07) is 6.40. The number of nitrogens with zero attached hydrogens (tertiary/aromatic N) is 2. The number of halogens is 1. The van der Waals surface area contributed by atoms with Gasteiger partial charge in [0.15, 0.2) is 0 Å². The summed E-state index contributed by atoms with van der Waals surface area (Å²) in [6.07, 6.45) is 1.39. The van der Waals surface area contributed by atoms with Crippen molar-refractivity contribution in [3.63, 3.8) is 0 Å². The van der Waals surface area contributed by atoms with Gasteiger partial charge >= 0.3 is 11.9 Å². The molecule has 0 aliphatic heterocycles. The number of thiophene rings is 1. The number of benzene rings is 1. The lowest BCUT2D eigenvalue weighted by atomic mass is 10.2. The number of carbonyl (C=O) groups excluding carboxylic acids is 1. The highest BCUT2D eigenvalue weighted by atomic mass is 35.5. The lowest BCUT2D eigenvalue weighted by molar-refractivity contribution is 0.0604. The molecule has 2 heterocycles. The highest BCUT2D eigenvalue weighted by Crippen LogP contribution is 2.34. The zero-order valence-electron chi connectivity index (χ0n) is 13.3. The Labute approximate surface area is 153 Å². The molecule has 2 N–H and O–H groups in total. The fraction of sp³-hybridized carbons (Fsp3) is 0.125. The molecule has 0 atom stereocenters. The van der Waals surface area contributed by atoms with Crippen LogP contribution in [-0.4, -0.2) is 34.1 Å². The Kier molecular flexibility index (Phi) is 5.55. The van der Waals surface area contributed by atoms with Crippen molar-refractivity contribution in [2.24, 2.45) is 0 Å². The maximum absolute atomic E-state index is 11.8. The molecule has 7 nitrogen and oxygen atoms in total. The number of aromatic nitrogens is 2. The van der Waals surface area contributed by atoms with Crippen molar-refractivity contribution in [1.82, 2.24) is 9.97 Å². The van der Waals surface area contributed by atoms with Crippen molar-refractivity contribution < 1.29 is 19.4 Å². The molecule has 0 amide bonds. The quantitative estimate of drug-likeness (QED) is 0.667. The summed E-state index contributed by atoms with van der Waals surface area (Å²) in [5.41, 5.74) is 1.47. The van der Waals surface area contributed by atoms with Crippen LogP contribution in [0.25, 0.3) is 10.2 Å². The maximum Gasteiger partial charge on any atom is 0.348 e. The Bertz CT molecular complexity index is 958. The molecule has 0 radical (unpaired) electrons. The number of carboxylic acids is 1. The Morgan fingerprint density at radius 3 is 2.72 bits per heavy atom. The first kappa shape index (κ1) is 18.6. The summed E-state index contributed by atoms with van der Waals surface area (Å²) in [4.78, 5) is 32.5. The third-order valence-corrected chi connectivity index (χ3v) is 4.65. The highest BCUT2D eigenvalue weighted by Gasteiger charge is 2.19. The Hall–Kier alpha value is -2.71. The van der Waals surface area contributed by atoms with Crippen molar-refractivity contribution in [2.45, 2.75) is 6.92 Å². The molecule has 0 fully saturated rings. The monoisotopic (exact) mass is 379 g/mol. The molecule has 0 bridgehead atoms. The van der Waals surface area contributed by atoms with Crippen LogP contribution in [0.3, 0.4) is 0 Å². The van der Waals surface area contributed by atoms with E-state index >= 15 is 0 Å². The van der Waals surface area contributed by atoms with E-state index in [1.165, 1.54) is 36.9 Å². The smallest absolute Gasteiger partial charge is 0.348 e. The molecular weight excluding hydrogens is 366 g/mol. The number of aryl methyl sites for hydroxylation is 1. The molecule has 9 heteroatoms. The van der Waals surface area contributed by atoms with E-state index < -0.39 is 11.9 Å². The molecule has 3 rings (SSSR count). The molecule has 0 aliphatic rings. The van der Waals surface area contributed by atoms with Crippen LogP contribution in [0.5, 0.6) is 0 Å². The minimum atomic E-state index is -1.01. The lowest BCUT2D eigenvalue weighted by Crippen LogP contribution is -2.01. The van der Waals surface area contributed by atoms with Gasteiger partial charge in [0.05, 0.1) is 18.1 Å². The van der Waals surface area contributed by atoms with Gasteiger partial charge in [-0.2, -0.15) is 0 Å². The maximum atomic E-state index is 11.8. The van der Waals surface area contributed by atoms with Crippen molar-refractivity contribution >= 4 is 57.4 Å². The van der Waals surface area contributed by atoms with Gasteiger partial charge in [0.2, 0.25) is 0 Å². The normalized spacial score (nSPS) is 10.2. The molecule has 0 saturated carbocycles. The number of nitrogens with one attached hydrogen (secondary N) is 1. The van der Waals surface area contributed by atoms with Gasteiger partial charge < -0.3 is 15.2 Å². The summed E-state index contributed by atoms with van der Waals surface area (Å²) in [7, 11) is 1.33. The fourth-order valence-corrected chi connectivity index (χ4v) is 3.39. The summed E-state index contributed by atoms with van der Waals surface area (Å²) in [5, 5.41) is 12.9. The molecule has 3 aromatic rings. The topological polar surface area (TPSA) is 101 Å². The van der Waals surface area contributed by atoms with Crippen LogP contribution in [0, 0.1) is 6.92 Å². The van der Waals surface area contributed by atoms with Crippen molar-refractivity contribution in [1.29, 1.82) is 0 Å². The number of aromatic carboxylic acids is 1. The fourth-order valence-electron chi connectivity index (χ4n) is 2.32. The van der Waals surface area contributed by atoms with E-state index in [2.05, 4.69) is 15.3 Å². The van der Waals surface area contributed by atoms with Crippen LogP contribution < -0.4 is 5.32 Å². The SMILES string of the molecule is COC(=O)c1sc2ncnc(Nc3cccc(C(=O)O)c3)c2c1C.Cl. The molecule has 25 heavy (non-hydrogen) atoms. The number of methoxy groups -OCH3 is 1. The van der Waals surface area contributed by atoms with Crippen LogP contribution in [0.1, 0.15) is 25.6 Å². The van der Waals surface area contributed by atoms with Crippen LogP contribution in [-0.2, 0) is 4.74 Å². The van der Waals surface area contributed by atoms with Crippen LogP contribution in [0.4, 0.5) is 11.5 Å². The first-order valence-corrected chi connectivity index (χ1v) is 7.75. The van der Waals surface area contributed by atoms with E-state index in [0.717, 1.165) is 5.56 Å². The van der Waals surface area contributed by atoms with Crippen molar-refractivity contribution in [2.75, 3.05) is 12.4 Å². The van der Waals surface area contributed by atoms with Crippen LogP contribution in [0.15, 0.2) is 30.6 Å². The third-order valence-electron chi connectivity index (χ3n) is 3.47. The van der Waals surface area contributed by atoms with Gasteiger partial charge in [0, 0.05) is 5.69 Å². The Balaban J connectivity index is 0.00000225. The number of carboxylic acid groups (broad SMARTS) is 1. The van der Waals surface area contributed by atoms with E-state index in [1.54, 1.807) is 19.1 Å². The average molecular weight is 380 g/mol. The van der Waals surface area contributed by atoms with Gasteiger partial charge in [0.25, 0.3) is 0 Å². The van der Waals surface area contributed by atoms with E-state index in [4.69, 9.17) is 9.84 Å². The molecule has 0 saturated heterocycles. The molecular formula is C16H14ClN3O4S. The predicted molar refractivity (Wildman–Crippen MR) is 97.4 cm³/mol. The second-order valence-corrected chi connectivity index (χ2v) is 5.96.